The van der Waals surface area contributed by atoms with Gasteiger partial charge in [-0.3, -0.25) is 4.79 Å². The van der Waals surface area contributed by atoms with E-state index in [0.717, 1.165) is 15.9 Å². The average molecular weight is 262 g/mol. The highest BCUT2D eigenvalue weighted by Crippen LogP contribution is 2.29. The van der Waals surface area contributed by atoms with Crippen LogP contribution in [0.3, 0.4) is 0 Å². The van der Waals surface area contributed by atoms with E-state index in [2.05, 4.69) is 9.97 Å². The summed E-state index contributed by atoms with van der Waals surface area (Å²) < 4.78 is 0. The zero-order chi connectivity index (χ0) is 13.1. The van der Waals surface area contributed by atoms with Crippen molar-refractivity contribution in [1.29, 1.82) is 0 Å². The molecule has 0 spiro atoms. The smallest absolute Gasteiger partial charge is 0.317 e. The fraction of sp³-hybridized carbons (Fsp3) is 0.308. The molecule has 1 aromatic heterocycles. The first-order valence-corrected chi connectivity index (χ1v) is 6.62. The lowest BCUT2D eigenvalue weighted by Gasteiger charge is -2.11. The standard InChI is InChI=1S/C13H14N2O2S/c1-3-11(13(16)17)18-12-9-6-4-5-7-10(9)14-8(2)15-12/h4-7,11H,3H2,1-2H3,(H,16,17)/t11-/m1/s1. The highest BCUT2D eigenvalue weighted by molar-refractivity contribution is 8.00. The van der Waals surface area contributed by atoms with Gasteiger partial charge >= 0.3 is 5.97 Å². The van der Waals surface area contributed by atoms with Crippen LogP contribution in [0.5, 0.6) is 0 Å². The largest absolute Gasteiger partial charge is 0.480 e. The minimum atomic E-state index is -0.803. The summed E-state index contributed by atoms with van der Waals surface area (Å²) in [6.07, 6.45) is 0.567. The molecule has 1 atom stereocenters. The summed E-state index contributed by atoms with van der Waals surface area (Å²) in [5.41, 5.74) is 0.854. The Kier molecular flexibility index (Phi) is 3.81. The monoisotopic (exact) mass is 262 g/mol. The van der Waals surface area contributed by atoms with Gasteiger partial charge in [-0.1, -0.05) is 36.9 Å². The Balaban J connectivity index is 2.46. The summed E-state index contributed by atoms with van der Waals surface area (Å²) in [4.78, 5) is 19.8. The second-order valence-electron chi connectivity index (χ2n) is 3.95. The van der Waals surface area contributed by atoms with Crippen LogP contribution in [0.25, 0.3) is 10.9 Å². The number of aryl methyl sites for hydroxylation is 1. The maximum Gasteiger partial charge on any atom is 0.317 e. The number of hydrogen-bond donors (Lipinski definition) is 1. The molecular weight excluding hydrogens is 248 g/mol. The van der Waals surface area contributed by atoms with Crippen LogP contribution in [0.15, 0.2) is 29.3 Å². The number of aliphatic carboxylic acids is 1. The molecule has 0 unspecified atom stereocenters. The number of hydrogen-bond acceptors (Lipinski definition) is 4. The van der Waals surface area contributed by atoms with Crippen LogP contribution in [0.2, 0.25) is 0 Å². The average Bonchev–Trinajstić information content (AvgIpc) is 2.35. The van der Waals surface area contributed by atoms with E-state index in [1.54, 1.807) is 0 Å². The number of rotatable bonds is 4. The highest BCUT2D eigenvalue weighted by Gasteiger charge is 2.19. The van der Waals surface area contributed by atoms with Crippen molar-refractivity contribution >= 4 is 28.6 Å². The van der Waals surface area contributed by atoms with Crippen molar-refractivity contribution in [3.8, 4) is 0 Å². The molecule has 0 aliphatic heterocycles. The number of carboxylic acid groups (broad SMARTS) is 1. The maximum absolute atomic E-state index is 11.1. The zero-order valence-corrected chi connectivity index (χ0v) is 11.1. The summed E-state index contributed by atoms with van der Waals surface area (Å²) in [7, 11) is 0. The van der Waals surface area contributed by atoms with Crippen molar-refractivity contribution in [3.63, 3.8) is 0 Å². The number of fused-ring (bicyclic) bond motifs is 1. The predicted octanol–water partition coefficient (Wildman–Crippen LogP) is 2.89. The van der Waals surface area contributed by atoms with Crippen LogP contribution in [0.4, 0.5) is 0 Å². The first-order chi connectivity index (χ1) is 8.61. The third-order valence-electron chi connectivity index (χ3n) is 2.58. The Labute approximate surface area is 109 Å². The quantitative estimate of drug-likeness (QED) is 0.678. The first kappa shape index (κ1) is 12.8. The molecule has 1 N–H and O–H groups in total. The fourth-order valence-corrected chi connectivity index (χ4v) is 2.71. The lowest BCUT2D eigenvalue weighted by atomic mass is 10.2. The molecule has 2 aromatic rings. The second kappa shape index (κ2) is 5.35. The molecule has 0 fully saturated rings. The Morgan fingerprint density at radius 1 is 1.39 bits per heavy atom. The molecule has 4 nitrogen and oxygen atoms in total. The molecule has 2 rings (SSSR count). The molecule has 0 aliphatic rings. The Morgan fingerprint density at radius 2 is 2.11 bits per heavy atom. The van der Waals surface area contributed by atoms with Gasteiger partial charge in [-0.2, -0.15) is 0 Å². The minimum absolute atomic E-state index is 0.470. The van der Waals surface area contributed by atoms with Gasteiger partial charge in [-0.15, -0.1) is 0 Å². The van der Waals surface area contributed by atoms with E-state index in [1.807, 2.05) is 38.1 Å². The number of nitrogens with zero attached hydrogens (tertiary/aromatic N) is 2. The minimum Gasteiger partial charge on any atom is -0.480 e. The molecule has 94 valence electrons. The van der Waals surface area contributed by atoms with E-state index in [0.29, 0.717) is 12.2 Å². The molecule has 0 bridgehead atoms. The molecule has 1 aromatic carbocycles. The van der Waals surface area contributed by atoms with Crippen LogP contribution in [-0.4, -0.2) is 26.3 Å². The molecule has 0 saturated heterocycles. The van der Waals surface area contributed by atoms with Crippen LogP contribution >= 0.6 is 11.8 Å². The van der Waals surface area contributed by atoms with Crippen molar-refractivity contribution in [2.45, 2.75) is 30.5 Å². The number of carboxylic acids is 1. The van der Waals surface area contributed by atoms with Crippen molar-refractivity contribution in [3.05, 3.63) is 30.1 Å². The van der Waals surface area contributed by atoms with Crippen LogP contribution < -0.4 is 0 Å². The van der Waals surface area contributed by atoms with Gasteiger partial charge < -0.3 is 5.11 Å². The van der Waals surface area contributed by atoms with Crippen molar-refractivity contribution in [2.24, 2.45) is 0 Å². The van der Waals surface area contributed by atoms with Crippen LogP contribution in [0.1, 0.15) is 19.2 Å². The Morgan fingerprint density at radius 3 is 2.78 bits per heavy atom. The lowest BCUT2D eigenvalue weighted by Crippen LogP contribution is -2.15. The van der Waals surface area contributed by atoms with Crippen molar-refractivity contribution < 1.29 is 9.90 Å². The third kappa shape index (κ3) is 2.61. The number of aromatic nitrogens is 2. The molecule has 0 saturated carbocycles. The van der Waals surface area contributed by atoms with Gasteiger partial charge in [0.2, 0.25) is 0 Å². The van der Waals surface area contributed by atoms with Crippen LogP contribution in [0, 0.1) is 6.92 Å². The maximum atomic E-state index is 11.1. The lowest BCUT2D eigenvalue weighted by molar-refractivity contribution is -0.136. The summed E-state index contributed by atoms with van der Waals surface area (Å²) in [5.74, 6) is -0.140. The van der Waals surface area contributed by atoms with Gasteiger partial charge in [0.25, 0.3) is 0 Å². The van der Waals surface area contributed by atoms with Crippen molar-refractivity contribution in [1.82, 2.24) is 9.97 Å². The molecule has 5 heteroatoms. The number of para-hydroxylation sites is 1. The number of carbonyl (C=O) groups is 1. The summed E-state index contributed by atoms with van der Waals surface area (Å²) >= 11 is 1.29. The summed E-state index contributed by atoms with van der Waals surface area (Å²) in [6, 6.07) is 7.66. The van der Waals surface area contributed by atoms with Gasteiger partial charge in [0, 0.05) is 5.39 Å². The van der Waals surface area contributed by atoms with E-state index >= 15 is 0 Å². The predicted molar refractivity (Wildman–Crippen MR) is 71.8 cm³/mol. The molecule has 0 radical (unpaired) electrons. The molecule has 0 aliphatic carbocycles. The second-order valence-corrected chi connectivity index (χ2v) is 5.14. The van der Waals surface area contributed by atoms with Gasteiger partial charge in [0.05, 0.1) is 5.52 Å². The van der Waals surface area contributed by atoms with Crippen molar-refractivity contribution in [2.75, 3.05) is 0 Å². The highest BCUT2D eigenvalue weighted by atomic mass is 32.2. The molecular formula is C13H14N2O2S. The fourth-order valence-electron chi connectivity index (χ4n) is 1.69. The third-order valence-corrected chi connectivity index (χ3v) is 3.93. The zero-order valence-electron chi connectivity index (χ0n) is 10.3. The molecule has 0 amide bonds. The Bertz CT molecular complexity index is 586. The topological polar surface area (TPSA) is 63.1 Å². The van der Waals surface area contributed by atoms with Gasteiger partial charge in [0.1, 0.15) is 16.1 Å². The van der Waals surface area contributed by atoms with Gasteiger partial charge in [-0.25, -0.2) is 9.97 Å². The summed E-state index contributed by atoms with van der Waals surface area (Å²) in [5, 5.41) is 10.3. The number of thioether (sulfide) groups is 1. The van der Waals surface area contributed by atoms with Crippen LogP contribution in [-0.2, 0) is 4.79 Å². The Hall–Kier alpha value is -1.62. The van der Waals surface area contributed by atoms with E-state index in [4.69, 9.17) is 5.11 Å². The molecule has 18 heavy (non-hydrogen) atoms. The van der Waals surface area contributed by atoms with Gasteiger partial charge in [-0.05, 0) is 19.4 Å². The van der Waals surface area contributed by atoms with Gasteiger partial charge in [0.15, 0.2) is 0 Å². The first-order valence-electron chi connectivity index (χ1n) is 5.74. The van der Waals surface area contributed by atoms with E-state index in [9.17, 15) is 4.79 Å². The van der Waals surface area contributed by atoms with E-state index in [-0.39, 0.29) is 0 Å². The normalized spacial score (nSPS) is 12.6. The summed E-state index contributed by atoms with van der Waals surface area (Å²) in [6.45, 7) is 3.68. The van der Waals surface area contributed by atoms with E-state index < -0.39 is 11.2 Å². The SMILES string of the molecule is CC[C@@H](Sc1nc(C)nc2ccccc12)C(=O)O. The van der Waals surface area contributed by atoms with E-state index in [1.165, 1.54) is 11.8 Å². The number of benzene rings is 1. The molecule has 1 heterocycles.